The molecule has 0 N–H and O–H groups in total. The predicted molar refractivity (Wildman–Crippen MR) is 83.1 cm³/mol. The Labute approximate surface area is 130 Å². The lowest BCUT2D eigenvalue weighted by Gasteiger charge is -2.36. The largest absolute Gasteiger partial charge is 0.462 e. The second-order valence-corrected chi connectivity index (χ2v) is 5.28. The standard InChI is InChI=1S/C15H22N4O3/c1-4-22-14(20)12-5-6-13(16-11-12)18-7-9-19(10-8-18)15(21)17(2)3/h5-6,11H,4,7-10H2,1-3H3. The van der Waals surface area contributed by atoms with Gasteiger partial charge in [0, 0.05) is 46.5 Å². The third-order valence-electron chi connectivity index (χ3n) is 3.52. The zero-order valence-electron chi connectivity index (χ0n) is 13.3. The number of hydrogen-bond donors (Lipinski definition) is 0. The summed E-state index contributed by atoms with van der Waals surface area (Å²) in [6.07, 6.45) is 1.53. The van der Waals surface area contributed by atoms with E-state index in [-0.39, 0.29) is 12.0 Å². The van der Waals surface area contributed by atoms with Crippen molar-refractivity contribution in [3.8, 4) is 0 Å². The van der Waals surface area contributed by atoms with Crippen LogP contribution in [0, 0.1) is 0 Å². The number of rotatable bonds is 3. The lowest BCUT2D eigenvalue weighted by Crippen LogP contribution is -2.51. The number of ether oxygens (including phenoxy) is 1. The van der Waals surface area contributed by atoms with Gasteiger partial charge in [-0.25, -0.2) is 14.6 Å². The number of amides is 2. The van der Waals surface area contributed by atoms with Gasteiger partial charge in [0.05, 0.1) is 12.2 Å². The first-order valence-electron chi connectivity index (χ1n) is 7.37. The number of anilines is 1. The number of nitrogens with zero attached hydrogens (tertiary/aromatic N) is 4. The van der Waals surface area contributed by atoms with Crippen LogP contribution in [0.25, 0.3) is 0 Å². The van der Waals surface area contributed by atoms with Gasteiger partial charge in [-0.2, -0.15) is 0 Å². The van der Waals surface area contributed by atoms with Crippen molar-refractivity contribution in [2.24, 2.45) is 0 Å². The molecule has 22 heavy (non-hydrogen) atoms. The van der Waals surface area contributed by atoms with Gasteiger partial charge in [0.25, 0.3) is 0 Å². The summed E-state index contributed by atoms with van der Waals surface area (Å²) < 4.78 is 4.93. The summed E-state index contributed by atoms with van der Waals surface area (Å²) in [5, 5.41) is 0. The van der Waals surface area contributed by atoms with Gasteiger partial charge in [0.2, 0.25) is 0 Å². The van der Waals surface area contributed by atoms with Gasteiger partial charge in [-0.3, -0.25) is 0 Å². The lowest BCUT2D eigenvalue weighted by atomic mass is 10.2. The van der Waals surface area contributed by atoms with Gasteiger partial charge >= 0.3 is 12.0 Å². The fourth-order valence-corrected chi connectivity index (χ4v) is 2.32. The van der Waals surface area contributed by atoms with Crippen molar-refractivity contribution in [3.05, 3.63) is 23.9 Å². The summed E-state index contributed by atoms with van der Waals surface area (Å²) in [5.74, 6) is 0.452. The summed E-state index contributed by atoms with van der Waals surface area (Å²) in [6, 6.07) is 3.57. The van der Waals surface area contributed by atoms with Crippen LogP contribution in [0.4, 0.5) is 10.6 Å². The van der Waals surface area contributed by atoms with Crippen molar-refractivity contribution in [3.63, 3.8) is 0 Å². The highest BCUT2D eigenvalue weighted by atomic mass is 16.5. The van der Waals surface area contributed by atoms with E-state index in [1.165, 1.54) is 6.20 Å². The molecule has 1 aromatic rings. The Morgan fingerprint density at radius 3 is 2.41 bits per heavy atom. The first-order chi connectivity index (χ1) is 10.5. The zero-order chi connectivity index (χ0) is 16.1. The van der Waals surface area contributed by atoms with E-state index in [0.29, 0.717) is 25.3 Å². The molecule has 2 amide bonds. The molecule has 0 atom stereocenters. The highest BCUT2D eigenvalue weighted by Gasteiger charge is 2.22. The third-order valence-corrected chi connectivity index (χ3v) is 3.52. The Kier molecular flexibility index (Phi) is 5.19. The molecule has 0 spiro atoms. The van der Waals surface area contributed by atoms with Crippen LogP contribution >= 0.6 is 0 Å². The summed E-state index contributed by atoms with van der Waals surface area (Å²) in [7, 11) is 3.51. The van der Waals surface area contributed by atoms with Crippen LogP contribution in [-0.4, -0.2) is 73.7 Å². The van der Waals surface area contributed by atoms with Crippen LogP contribution in [0.3, 0.4) is 0 Å². The van der Waals surface area contributed by atoms with E-state index in [1.54, 1.807) is 32.0 Å². The topological polar surface area (TPSA) is 66.0 Å². The molecule has 7 heteroatoms. The van der Waals surface area contributed by atoms with Crippen molar-refractivity contribution < 1.29 is 14.3 Å². The van der Waals surface area contributed by atoms with E-state index in [1.807, 2.05) is 11.0 Å². The molecule has 1 aromatic heterocycles. The van der Waals surface area contributed by atoms with E-state index < -0.39 is 0 Å². The minimum absolute atomic E-state index is 0.0327. The Bertz CT molecular complexity index is 522. The van der Waals surface area contributed by atoms with Crippen LogP contribution < -0.4 is 4.90 Å². The molecule has 0 saturated carbocycles. The third kappa shape index (κ3) is 3.66. The molecule has 0 aliphatic carbocycles. The molecule has 0 bridgehead atoms. The van der Waals surface area contributed by atoms with Crippen molar-refractivity contribution in [2.75, 3.05) is 51.8 Å². The summed E-state index contributed by atoms with van der Waals surface area (Å²) >= 11 is 0. The highest BCUT2D eigenvalue weighted by molar-refractivity contribution is 5.89. The molecule has 7 nitrogen and oxygen atoms in total. The van der Waals surface area contributed by atoms with Gasteiger partial charge in [0.15, 0.2) is 0 Å². The molecule has 1 aliphatic rings. The molecule has 0 aromatic carbocycles. The van der Waals surface area contributed by atoms with Gasteiger partial charge in [-0.15, -0.1) is 0 Å². The number of esters is 1. The van der Waals surface area contributed by atoms with E-state index in [0.717, 1.165) is 18.9 Å². The molecule has 1 fully saturated rings. The molecular weight excluding hydrogens is 284 g/mol. The summed E-state index contributed by atoms with van der Waals surface area (Å²) in [5.41, 5.74) is 0.451. The number of urea groups is 1. The van der Waals surface area contributed by atoms with Crippen LogP contribution in [0.15, 0.2) is 18.3 Å². The molecule has 2 rings (SSSR count). The Morgan fingerprint density at radius 1 is 1.23 bits per heavy atom. The Balaban J connectivity index is 1.94. The quantitative estimate of drug-likeness (QED) is 0.781. The molecule has 1 aliphatic heterocycles. The smallest absolute Gasteiger partial charge is 0.339 e. The second kappa shape index (κ2) is 7.11. The maximum atomic E-state index is 11.9. The predicted octanol–water partition coefficient (Wildman–Crippen LogP) is 1.06. The molecule has 2 heterocycles. The van der Waals surface area contributed by atoms with Gasteiger partial charge < -0.3 is 19.4 Å². The van der Waals surface area contributed by atoms with Crippen LogP contribution in [0.1, 0.15) is 17.3 Å². The number of pyridine rings is 1. The van der Waals surface area contributed by atoms with Gasteiger partial charge in [-0.05, 0) is 19.1 Å². The number of hydrogen-bond acceptors (Lipinski definition) is 5. The van der Waals surface area contributed by atoms with Crippen LogP contribution in [-0.2, 0) is 4.74 Å². The van der Waals surface area contributed by atoms with E-state index in [2.05, 4.69) is 9.88 Å². The van der Waals surface area contributed by atoms with E-state index >= 15 is 0 Å². The molecular formula is C15H22N4O3. The van der Waals surface area contributed by atoms with Crippen molar-refractivity contribution in [2.45, 2.75) is 6.92 Å². The average Bonchev–Trinajstić information content (AvgIpc) is 2.54. The lowest BCUT2D eigenvalue weighted by molar-refractivity contribution is 0.0526. The van der Waals surface area contributed by atoms with Crippen LogP contribution in [0.2, 0.25) is 0 Å². The fourth-order valence-electron chi connectivity index (χ4n) is 2.32. The number of piperazine rings is 1. The monoisotopic (exact) mass is 306 g/mol. The first-order valence-corrected chi connectivity index (χ1v) is 7.37. The van der Waals surface area contributed by atoms with Crippen molar-refractivity contribution >= 4 is 17.8 Å². The second-order valence-electron chi connectivity index (χ2n) is 5.28. The Morgan fingerprint density at radius 2 is 1.91 bits per heavy atom. The van der Waals surface area contributed by atoms with E-state index in [4.69, 9.17) is 4.74 Å². The SMILES string of the molecule is CCOC(=O)c1ccc(N2CCN(C(=O)N(C)C)CC2)nc1. The average molecular weight is 306 g/mol. The molecule has 1 saturated heterocycles. The van der Waals surface area contributed by atoms with Gasteiger partial charge in [-0.1, -0.05) is 0 Å². The Hall–Kier alpha value is -2.31. The van der Waals surface area contributed by atoms with Crippen molar-refractivity contribution in [1.82, 2.24) is 14.8 Å². The number of carbonyl (C=O) groups excluding carboxylic acids is 2. The highest BCUT2D eigenvalue weighted by Crippen LogP contribution is 2.15. The molecule has 0 radical (unpaired) electrons. The minimum atomic E-state index is -0.358. The summed E-state index contributed by atoms with van der Waals surface area (Å²) in [6.45, 7) is 4.91. The number of carbonyl (C=O) groups is 2. The van der Waals surface area contributed by atoms with Crippen molar-refractivity contribution in [1.29, 1.82) is 0 Å². The van der Waals surface area contributed by atoms with Crippen LogP contribution in [0.5, 0.6) is 0 Å². The fraction of sp³-hybridized carbons (Fsp3) is 0.533. The first kappa shape index (κ1) is 16.1. The van der Waals surface area contributed by atoms with E-state index in [9.17, 15) is 9.59 Å². The zero-order valence-corrected chi connectivity index (χ0v) is 13.3. The maximum absolute atomic E-state index is 11.9. The summed E-state index contributed by atoms with van der Waals surface area (Å²) in [4.78, 5) is 33.3. The number of aromatic nitrogens is 1. The molecule has 0 unspecified atom stereocenters. The normalized spacial score (nSPS) is 14.7. The van der Waals surface area contributed by atoms with Gasteiger partial charge in [0.1, 0.15) is 5.82 Å². The maximum Gasteiger partial charge on any atom is 0.339 e. The molecule has 120 valence electrons. The minimum Gasteiger partial charge on any atom is -0.462 e.